The van der Waals surface area contributed by atoms with Gasteiger partial charge < -0.3 is 35.0 Å². The van der Waals surface area contributed by atoms with Crippen LogP contribution in [0.15, 0.2) is 69.6 Å². The van der Waals surface area contributed by atoms with Crippen molar-refractivity contribution in [2.75, 3.05) is 60.6 Å². The predicted octanol–water partition coefficient (Wildman–Crippen LogP) is 2.96. The van der Waals surface area contributed by atoms with Crippen molar-refractivity contribution in [1.82, 2.24) is 4.90 Å². The van der Waals surface area contributed by atoms with Crippen molar-refractivity contribution in [2.24, 2.45) is 15.0 Å². The number of phenols is 3. The van der Waals surface area contributed by atoms with Crippen molar-refractivity contribution in [3.8, 4) is 34.5 Å². The Hall–Kier alpha value is -3.09. The van der Waals surface area contributed by atoms with E-state index in [4.69, 9.17) is 14.2 Å². The second-order valence-corrected chi connectivity index (χ2v) is 8.64. The SMILES string of the molecule is COc1cccc(C=NCCN(CCN=Cc2cccc(OC)c2O)CCN=Cc2cccc(OC)c2O)c1O.O.[Yb]. The topological polar surface area (TPSA) is 160 Å². The molecule has 0 fully saturated rings. The fourth-order valence-corrected chi connectivity index (χ4v) is 3.85. The molecule has 234 valence electrons. The molecular weight excluding hydrogens is 701 g/mol. The number of para-hydroxylation sites is 3. The maximum absolute atomic E-state index is 10.3. The molecule has 0 aromatic heterocycles. The molecule has 0 spiro atoms. The molecule has 3 rings (SSSR count). The standard InChI is InChI=1S/C30H36N4O6.H2O.Yb/c1-38-25-10-4-7-22(28(25)35)19-31-13-16-34(17-14-32-20-23-8-5-11-26(39-2)29(23)36)18-15-33-21-24-9-6-12-27(40-3)30(24)37;;/h4-12,19-21,35-37H,13-18H2,1-3H3;1H2;. The van der Waals surface area contributed by atoms with E-state index in [1.165, 1.54) is 21.3 Å². The smallest absolute Gasteiger partial charge is 0.166 e. The molecule has 42 heavy (non-hydrogen) atoms. The minimum absolute atomic E-state index is 0. The Morgan fingerprint density at radius 1 is 0.571 bits per heavy atom. The van der Waals surface area contributed by atoms with Crippen LogP contribution >= 0.6 is 0 Å². The summed E-state index contributed by atoms with van der Waals surface area (Å²) in [5.74, 6) is 1.34. The fourth-order valence-electron chi connectivity index (χ4n) is 3.85. The van der Waals surface area contributed by atoms with Gasteiger partial charge in [0, 0.05) is 102 Å². The minimum atomic E-state index is 0. The quantitative estimate of drug-likeness (QED) is 0.202. The third-order valence-corrected chi connectivity index (χ3v) is 6.08. The molecule has 0 unspecified atom stereocenters. The minimum Gasteiger partial charge on any atom is -0.504 e. The molecule has 0 heterocycles. The first kappa shape index (κ1) is 36.9. The average molecular weight is 740 g/mol. The van der Waals surface area contributed by atoms with E-state index in [0.717, 1.165) is 0 Å². The van der Waals surface area contributed by atoms with Crippen LogP contribution in [0.4, 0.5) is 0 Å². The second-order valence-electron chi connectivity index (χ2n) is 8.64. The second kappa shape index (κ2) is 19.9. The molecule has 3 aromatic rings. The number of hydrogen-bond donors (Lipinski definition) is 3. The van der Waals surface area contributed by atoms with Crippen LogP contribution in [0, 0.1) is 46.9 Å². The van der Waals surface area contributed by atoms with Crippen molar-refractivity contribution in [3.63, 3.8) is 0 Å². The van der Waals surface area contributed by atoms with Crippen molar-refractivity contribution in [3.05, 3.63) is 71.3 Å². The Labute approximate surface area is 284 Å². The number of aliphatic imine (C=N–C) groups is 3. The normalized spacial score (nSPS) is 11.1. The van der Waals surface area contributed by atoms with Crippen LogP contribution in [0.2, 0.25) is 0 Å². The zero-order valence-corrected chi connectivity index (χ0v) is 25.5. The predicted molar refractivity (Wildman–Crippen MR) is 161 cm³/mol. The number of aromatic hydroxyl groups is 3. The Morgan fingerprint density at radius 3 is 1.12 bits per heavy atom. The van der Waals surface area contributed by atoms with E-state index in [-0.39, 0.29) is 69.6 Å². The first-order valence-corrected chi connectivity index (χ1v) is 12.8. The molecule has 0 saturated carbocycles. The molecule has 11 nitrogen and oxygen atoms in total. The fraction of sp³-hybridized carbons (Fsp3) is 0.300. The number of nitrogens with zero attached hydrogens (tertiary/aromatic N) is 4. The van der Waals surface area contributed by atoms with Gasteiger partial charge in [0.15, 0.2) is 34.5 Å². The molecule has 0 aliphatic rings. The molecule has 0 aliphatic heterocycles. The molecule has 0 saturated heterocycles. The van der Waals surface area contributed by atoms with Crippen LogP contribution in [-0.4, -0.2) is 105 Å². The molecule has 5 N–H and O–H groups in total. The Bertz CT molecular complexity index is 1170. The zero-order valence-electron chi connectivity index (χ0n) is 23.8. The first-order valence-electron chi connectivity index (χ1n) is 12.8. The van der Waals surface area contributed by atoms with Gasteiger partial charge in [0.1, 0.15) is 0 Å². The van der Waals surface area contributed by atoms with Gasteiger partial charge in [0.05, 0.1) is 41.0 Å². The molecule has 0 aliphatic carbocycles. The third-order valence-electron chi connectivity index (χ3n) is 6.08. The third kappa shape index (κ3) is 11.0. The van der Waals surface area contributed by atoms with Crippen LogP contribution in [0.3, 0.4) is 0 Å². The van der Waals surface area contributed by atoms with Gasteiger partial charge in [-0.2, -0.15) is 0 Å². The van der Waals surface area contributed by atoms with Crippen molar-refractivity contribution in [1.29, 1.82) is 0 Å². The van der Waals surface area contributed by atoms with Gasteiger partial charge in [-0.25, -0.2) is 0 Å². The summed E-state index contributed by atoms with van der Waals surface area (Å²) in [5.41, 5.74) is 1.74. The van der Waals surface area contributed by atoms with Gasteiger partial charge in [0.25, 0.3) is 0 Å². The van der Waals surface area contributed by atoms with Gasteiger partial charge in [-0.3, -0.25) is 19.9 Å². The molecule has 12 heteroatoms. The van der Waals surface area contributed by atoms with Gasteiger partial charge >= 0.3 is 0 Å². The van der Waals surface area contributed by atoms with Crippen LogP contribution in [0.25, 0.3) is 0 Å². The van der Waals surface area contributed by atoms with Crippen LogP contribution < -0.4 is 14.2 Å². The molecule has 0 amide bonds. The molecular formula is C30H38N4O7Yb. The van der Waals surface area contributed by atoms with Crippen LogP contribution in [0.5, 0.6) is 34.5 Å². The summed E-state index contributed by atoms with van der Waals surface area (Å²) in [6, 6.07) is 15.7. The molecule has 0 bridgehead atoms. The summed E-state index contributed by atoms with van der Waals surface area (Å²) in [6.07, 6.45) is 4.89. The largest absolute Gasteiger partial charge is 0.504 e. The Morgan fingerprint density at radius 2 is 0.857 bits per heavy atom. The monoisotopic (exact) mass is 740 g/mol. The summed E-state index contributed by atoms with van der Waals surface area (Å²) < 4.78 is 15.5. The number of ether oxygens (including phenoxy) is 3. The van der Waals surface area contributed by atoms with E-state index >= 15 is 0 Å². The van der Waals surface area contributed by atoms with Crippen molar-refractivity contribution >= 4 is 18.6 Å². The summed E-state index contributed by atoms with van der Waals surface area (Å²) in [4.78, 5) is 15.6. The van der Waals surface area contributed by atoms with Gasteiger partial charge in [-0.15, -0.1) is 0 Å². The number of methoxy groups -OCH3 is 3. The summed E-state index contributed by atoms with van der Waals surface area (Å²) in [6.45, 7) is 3.41. The summed E-state index contributed by atoms with van der Waals surface area (Å²) >= 11 is 0. The van der Waals surface area contributed by atoms with E-state index in [1.54, 1.807) is 73.2 Å². The van der Waals surface area contributed by atoms with E-state index in [2.05, 4.69) is 19.9 Å². The van der Waals surface area contributed by atoms with E-state index in [9.17, 15) is 15.3 Å². The molecule has 3 aromatic carbocycles. The maximum Gasteiger partial charge on any atom is 0.166 e. The van der Waals surface area contributed by atoms with Gasteiger partial charge in [0.2, 0.25) is 0 Å². The Kier molecular flexibility index (Phi) is 17.5. The van der Waals surface area contributed by atoms with Crippen LogP contribution in [-0.2, 0) is 0 Å². The zero-order chi connectivity index (χ0) is 28.7. The number of benzene rings is 3. The van der Waals surface area contributed by atoms with Crippen LogP contribution in [0.1, 0.15) is 16.7 Å². The number of phenolic OH excluding ortho intramolecular Hbond substituents is 3. The molecule has 0 atom stereocenters. The van der Waals surface area contributed by atoms with E-state index in [0.29, 0.717) is 73.2 Å². The van der Waals surface area contributed by atoms with E-state index in [1.807, 2.05) is 0 Å². The Balaban J connectivity index is 0.00000441. The van der Waals surface area contributed by atoms with Crippen molar-refractivity contribution < 1.29 is 81.9 Å². The maximum atomic E-state index is 10.3. The number of hydrogen-bond acceptors (Lipinski definition) is 10. The molecule has 0 radical (unpaired) electrons. The van der Waals surface area contributed by atoms with Gasteiger partial charge in [-0.05, 0) is 36.4 Å². The van der Waals surface area contributed by atoms with Crippen molar-refractivity contribution in [2.45, 2.75) is 0 Å². The van der Waals surface area contributed by atoms with Gasteiger partial charge in [-0.1, -0.05) is 18.2 Å². The number of rotatable bonds is 15. The first-order chi connectivity index (χ1) is 19.5. The van der Waals surface area contributed by atoms with E-state index < -0.39 is 0 Å². The summed E-state index contributed by atoms with van der Waals surface area (Å²) in [7, 11) is 4.51. The summed E-state index contributed by atoms with van der Waals surface area (Å²) in [5, 5.41) is 30.8. The average Bonchev–Trinajstić information content (AvgIpc) is 2.97.